The highest BCUT2D eigenvalue weighted by molar-refractivity contribution is 5.75. The molecule has 0 aliphatic rings. The molecule has 0 radical (unpaired) electrons. The van der Waals surface area contributed by atoms with E-state index < -0.39 is 0 Å². The van der Waals surface area contributed by atoms with Gasteiger partial charge >= 0.3 is 0 Å². The monoisotopic (exact) mass is 431 g/mol. The minimum absolute atomic E-state index is 0.0919. The topological polar surface area (TPSA) is 69.6 Å². The molecule has 0 bridgehead atoms. The highest BCUT2D eigenvalue weighted by Crippen LogP contribution is 2.25. The summed E-state index contributed by atoms with van der Waals surface area (Å²) in [6.07, 6.45) is 23.3. The summed E-state index contributed by atoms with van der Waals surface area (Å²) in [5, 5.41) is 21.8. The second kappa shape index (κ2) is 18.8. The number of nitrogens with one attached hydrogen (secondary N) is 1. The van der Waals surface area contributed by atoms with Crippen molar-refractivity contribution >= 4 is 5.91 Å². The van der Waals surface area contributed by atoms with Crippen molar-refractivity contribution in [2.24, 2.45) is 0 Å². The molecule has 0 aliphatic carbocycles. The molecular weight excluding hydrogens is 386 g/mol. The minimum Gasteiger partial charge on any atom is -0.504 e. The van der Waals surface area contributed by atoms with E-state index in [2.05, 4.69) is 24.4 Å². The van der Waals surface area contributed by atoms with Crippen molar-refractivity contribution in [2.45, 2.75) is 110 Å². The third-order valence-corrected chi connectivity index (χ3v) is 5.67. The van der Waals surface area contributed by atoms with Crippen LogP contribution in [0.25, 0.3) is 0 Å². The van der Waals surface area contributed by atoms with Crippen molar-refractivity contribution in [3.63, 3.8) is 0 Å². The number of benzene rings is 1. The van der Waals surface area contributed by atoms with Gasteiger partial charge in [0.2, 0.25) is 5.91 Å². The summed E-state index contributed by atoms with van der Waals surface area (Å²) in [4.78, 5) is 11.9. The molecule has 1 aromatic rings. The lowest BCUT2D eigenvalue weighted by molar-refractivity contribution is -0.121. The molecule has 1 rings (SSSR count). The van der Waals surface area contributed by atoms with Crippen molar-refractivity contribution in [1.29, 1.82) is 0 Å². The molecule has 1 aromatic carbocycles. The van der Waals surface area contributed by atoms with Gasteiger partial charge in [0, 0.05) is 13.0 Å². The maximum atomic E-state index is 11.9. The molecule has 0 aliphatic heterocycles. The molecule has 4 heteroatoms. The van der Waals surface area contributed by atoms with Crippen LogP contribution in [0.1, 0.15) is 109 Å². The Bertz CT molecular complexity index is 612. The second-order valence-corrected chi connectivity index (χ2v) is 8.61. The van der Waals surface area contributed by atoms with Crippen LogP contribution in [-0.2, 0) is 11.2 Å². The smallest absolute Gasteiger partial charge is 0.219 e. The van der Waals surface area contributed by atoms with E-state index >= 15 is 0 Å². The summed E-state index contributed by atoms with van der Waals surface area (Å²) in [5.74, 6) is -0.0612. The number of phenols is 2. The first-order valence-corrected chi connectivity index (χ1v) is 12.6. The van der Waals surface area contributed by atoms with Gasteiger partial charge in [0.15, 0.2) is 11.5 Å². The Kier molecular flexibility index (Phi) is 16.4. The van der Waals surface area contributed by atoms with Crippen LogP contribution >= 0.6 is 0 Å². The molecule has 0 fully saturated rings. The quantitative estimate of drug-likeness (QED) is 0.123. The van der Waals surface area contributed by atoms with Crippen molar-refractivity contribution in [3.05, 3.63) is 35.9 Å². The largest absolute Gasteiger partial charge is 0.504 e. The van der Waals surface area contributed by atoms with Crippen LogP contribution < -0.4 is 5.32 Å². The van der Waals surface area contributed by atoms with Gasteiger partial charge in [-0.1, -0.05) is 76.5 Å². The average molecular weight is 432 g/mol. The number of rotatable bonds is 19. The predicted octanol–water partition coefficient (Wildman–Crippen LogP) is 7.18. The van der Waals surface area contributed by atoms with Gasteiger partial charge in [-0.3, -0.25) is 4.79 Å². The van der Waals surface area contributed by atoms with E-state index in [0.717, 1.165) is 31.2 Å². The number of allylic oxidation sites excluding steroid dienone is 2. The number of aromatic hydroxyl groups is 2. The van der Waals surface area contributed by atoms with Crippen molar-refractivity contribution < 1.29 is 15.0 Å². The van der Waals surface area contributed by atoms with Crippen LogP contribution in [0.4, 0.5) is 0 Å². The zero-order valence-electron chi connectivity index (χ0n) is 19.7. The van der Waals surface area contributed by atoms with Gasteiger partial charge in [-0.15, -0.1) is 0 Å². The molecule has 1 amide bonds. The first-order valence-electron chi connectivity index (χ1n) is 12.6. The average Bonchev–Trinajstić information content (AvgIpc) is 2.76. The molecule has 0 atom stereocenters. The zero-order chi connectivity index (χ0) is 22.6. The Labute approximate surface area is 190 Å². The molecule has 0 spiro atoms. The van der Waals surface area contributed by atoms with Gasteiger partial charge in [0.05, 0.1) is 0 Å². The summed E-state index contributed by atoms with van der Waals surface area (Å²) in [5.41, 5.74) is 0.960. The summed E-state index contributed by atoms with van der Waals surface area (Å²) in [6.45, 7) is 2.91. The normalized spacial score (nSPS) is 11.3. The van der Waals surface area contributed by atoms with Crippen molar-refractivity contribution in [2.75, 3.05) is 6.54 Å². The number of aryl methyl sites for hydroxylation is 1. The molecule has 3 N–H and O–H groups in total. The predicted molar refractivity (Wildman–Crippen MR) is 131 cm³/mol. The summed E-state index contributed by atoms with van der Waals surface area (Å²) in [6, 6.07) is 4.86. The Balaban J connectivity index is 1.86. The molecule has 4 nitrogen and oxygen atoms in total. The van der Waals surface area contributed by atoms with Gasteiger partial charge in [-0.25, -0.2) is 0 Å². The first kappa shape index (κ1) is 27.1. The lowest BCUT2D eigenvalue weighted by atomic mass is 10.1. The molecule has 0 saturated heterocycles. The van der Waals surface area contributed by atoms with E-state index in [4.69, 9.17) is 0 Å². The van der Waals surface area contributed by atoms with Gasteiger partial charge in [0.25, 0.3) is 0 Å². The molecular formula is C27H45NO3. The summed E-state index contributed by atoms with van der Waals surface area (Å²) in [7, 11) is 0. The molecule has 176 valence electrons. The molecule has 0 aromatic heterocycles. The number of phenolic OH excluding ortho intramolecular Hbond substituents is 2. The molecule has 31 heavy (non-hydrogen) atoms. The van der Waals surface area contributed by atoms with Crippen LogP contribution in [0.3, 0.4) is 0 Å². The second-order valence-electron chi connectivity index (χ2n) is 8.61. The van der Waals surface area contributed by atoms with Gasteiger partial charge in [-0.2, -0.15) is 0 Å². The van der Waals surface area contributed by atoms with Crippen LogP contribution in [-0.4, -0.2) is 22.7 Å². The number of amides is 1. The Morgan fingerprint density at radius 2 is 1.42 bits per heavy atom. The lowest BCUT2D eigenvalue weighted by Crippen LogP contribution is -2.24. The number of hydrogen-bond acceptors (Lipinski definition) is 3. The molecule has 0 heterocycles. The van der Waals surface area contributed by atoms with Gasteiger partial charge < -0.3 is 15.5 Å². The van der Waals surface area contributed by atoms with Crippen LogP contribution in [0.15, 0.2) is 30.4 Å². The van der Waals surface area contributed by atoms with E-state index in [1.165, 1.54) is 76.7 Å². The highest BCUT2D eigenvalue weighted by atomic mass is 16.3. The number of hydrogen-bond donors (Lipinski definition) is 3. The fourth-order valence-electron chi connectivity index (χ4n) is 3.69. The van der Waals surface area contributed by atoms with E-state index in [9.17, 15) is 15.0 Å². The van der Waals surface area contributed by atoms with Crippen molar-refractivity contribution in [1.82, 2.24) is 5.32 Å². The van der Waals surface area contributed by atoms with Crippen LogP contribution in [0.5, 0.6) is 11.5 Å². The highest BCUT2D eigenvalue weighted by Gasteiger charge is 2.03. The number of carbonyl (C=O) groups excluding carboxylic acids is 1. The minimum atomic E-state index is -0.1000. The van der Waals surface area contributed by atoms with E-state index in [1.807, 2.05) is 0 Å². The van der Waals surface area contributed by atoms with E-state index in [0.29, 0.717) is 13.0 Å². The first-order chi connectivity index (χ1) is 15.1. The third-order valence-electron chi connectivity index (χ3n) is 5.67. The maximum Gasteiger partial charge on any atom is 0.219 e. The lowest BCUT2D eigenvalue weighted by Gasteiger charge is -2.06. The van der Waals surface area contributed by atoms with E-state index in [-0.39, 0.29) is 17.4 Å². The van der Waals surface area contributed by atoms with Gasteiger partial charge in [0.1, 0.15) is 0 Å². The number of unbranched alkanes of at least 4 members (excludes halogenated alkanes) is 11. The third kappa shape index (κ3) is 15.5. The summed E-state index contributed by atoms with van der Waals surface area (Å²) < 4.78 is 0. The number of carbonyl (C=O) groups is 1. The SMILES string of the molecule is CCCCCCCC/C=C\CCCCCCCC(=O)NCCCc1ccc(O)c(O)c1. The molecule has 0 saturated carbocycles. The standard InChI is InChI=1S/C27H45NO3/c1-2-3-4-5-6-7-8-9-10-11-12-13-14-15-16-19-27(31)28-22-17-18-24-20-21-25(29)26(30)23-24/h9-10,20-21,23,29-30H,2-8,11-19,22H2,1H3,(H,28,31)/b10-9-. The fourth-order valence-corrected chi connectivity index (χ4v) is 3.69. The zero-order valence-corrected chi connectivity index (χ0v) is 19.7. The Hall–Kier alpha value is -1.97. The Morgan fingerprint density at radius 1 is 0.806 bits per heavy atom. The summed E-state index contributed by atoms with van der Waals surface area (Å²) >= 11 is 0. The van der Waals surface area contributed by atoms with Gasteiger partial charge in [-0.05, 0) is 62.6 Å². The van der Waals surface area contributed by atoms with Crippen molar-refractivity contribution in [3.8, 4) is 11.5 Å². The maximum absolute atomic E-state index is 11.9. The Morgan fingerprint density at radius 3 is 2.06 bits per heavy atom. The fraction of sp³-hybridized carbons (Fsp3) is 0.667. The van der Waals surface area contributed by atoms with Crippen LogP contribution in [0, 0.1) is 0 Å². The van der Waals surface area contributed by atoms with Crippen LogP contribution in [0.2, 0.25) is 0 Å². The van der Waals surface area contributed by atoms with E-state index in [1.54, 1.807) is 12.1 Å². The molecule has 0 unspecified atom stereocenters.